The Morgan fingerprint density at radius 3 is 2.59 bits per heavy atom. The summed E-state index contributed by atoms with van der Waals surface area (Å²) in [6, 6.07) is 9.65. The maximum atomic E-state index is 13.0. The van der Waals surface area contributed by atoms with Crippen LogP contribution in [0.4, 0.5) is 0 Å². The van der Waals surface area contributed by atoms with Crippen molar-refractivity contribution in [1.29, 1.82) is 5.26 Å². The largest absolute Gasteiger partial charge is 0.468 e. The zero-order chi connectivity index (χ0) is 23.4. The first kappa shape index (κ1) is 24.3. The summed E-state index contributed by atoms with van der Waals surface area (Å²) >= 11 is 4.54. The highest BCUT2D eigenvalue weighted by molar-refractivity contribution is 9.10. The molecule has 4 atom stereocenters. The molecule has 1 saturated heterocycles. The van der Waals surface area contributed by atoms with Gasteiger partial charge in [-0.25, -0.2) is 0 Å². The van der Waals surface area contributed by atoms with Crippen LogP contribution in [0.5, 0.6) is 0 Å². The second-order valence-electron chi connectivity index (χ2n) is 8.10. The van der Waals surface area contributed by atoms with Crippen LogP contribution < -0.4 is 5.32 Å². The molecule has 2 aliphatic rings. The van der Waals surface area contributed by atoms with E-state index in [2.05, 4.69) is 27.3 Å². The lowest BCUT2D eigenvalue weighted by molar-refractivity contribution is -0.150. The topological polar surface area (TPSA) is 99.5 Å². The number of allylic oxidation sites excluding steroid dienone is 1. The summed E-state index contributed by atoms with van der Waals surface area (Å²) in [5.74, 6) is -3.17. The zero-order valence-electron chi connectivity index (χ0n) is 18.3. The fourth-order valence-corrected chi connectivity index (χ4v) is 5.84. The van der Waals surface area contributed by atoms with Gasteiger partial charge in [-0.05, 0) is 50.8 Å². The summed E-state index contributed by atoms with van der Waals surface area (Å²) in [5, 5.41) is 13.0. The molecule has 0 spiro atoms. The number of likely N-dealkylation sites (tertiary alicyclic amines) is 1. The third kappa shape index (κ3) is 5.02. The molecule has 7 nitrogen and oxygen atoms in total. The molecule has 32 heavy (non-hydrogen) atoms. The van der Waals surface area contributed by atoms with Crippen molar-refractivity contribution in [2.24, 2.45) is 5.92 Å². The number of halogens is 1. The Balaban J connectivity index is 1.93. The molecule has 0 aliphatic carbocycles. The van der Waals surface area contributed by atoms with E-state index in [0.717, 1.165) is 35.5 Å². The molecule has 0 bridgehead atoms. The number of amides is 2. The van der Waals surface area contributed by atoms with Gasteiger partial charge in [-0.1, -0.05) is 39.8 Å². The first-order valence-electron chi connectivity index (χ1n) is 10.5. The van der Waals surface area contributed by atoms with E-state index >= 15 is 0 Å². The van der Waals surface area contributed by atoms with E-state index in [1.165, 1.54) is 7.11 Å². The Morgan fingerprint density at radius 2 is 2.00 bits per heavy atom. The summed E-state index contributed by atoms with van der Waals surface area (Å²) < 4.78 is 5.62. The molecule has 0 saturated carbocycles. The van der Waals surface area contributed by atoms with Gasteiger partial charge in [0.1, 0.15) is 5.92 Å². The summed E-state index contributed by atoms with van der Waals surface area (Å²) in [5.41, 5.74) is 0.888. The molecule has 2 aliphatic heterocycles. The van der Waals surface area contributed by atoms with Crippen molar-refractivity contribution in [3.63, 3.8) is 0 Å². The molecular formula is C23H26BrN3O4S. The fourth-order valence-electron chi connectivity index (χ4n) is 4.50. The van der Waals surface area contributed by atoms with E-state index in [9.17, 15) is 19.6 Å². The van der Waals surface area contributed by atoms with Crippen LogP contribution >= 0.6 is 27.7 Å². The summed E-state index contributed by atoms with van der Waals surface area (Å²) in [4.78, 5) is 40.2. The molecule has 3 rings (SSSR count). The number of rotatable bonds is 5. The van der Waals surface area contributed by atoms with Gasteiger partial charge >= 0.3 is 5.97 Å². The van der Waals surface area contributed by atoms with Crippen LogP contribution in [0.15, 0.2) is 39.3 Å². The van der Waals surface area contributed by atoms with Crippen molar-refractivity contribution in [2.75, 3.05) is 12.9 Å². The van der Waals surface area contributed by atoms with E-state index in [4.69, 9.17) is 4.74 Å². The quantitative estimate of drug-likeness (QED) is 0.470. The van der Waals surface area contributed by atoms with Crippen LogP contribution in [0.25, 0.3) is 0 Å². The van der Waals surface area contributed by atoms with Gasteiger partial charge in [-0.3, -0.25) is 14.4 Å². The second kappa shape index (κ2) is 10.5. The average Bonchev–Trinajstić information content (AvgIpc) is 2.76. The van der Waals surface area contributed by atoms with Gasteiger partial charge in [0.15, 0.2) is 0 Å². The molecule has 2 amide bonds. The summed E-state index contributed by atoms with van der Waals surface area (Å²) in [7, 11) is 1.22. The van der Waals surface area contributed by atoms with Crippen molar-refractivity contribution in [3.8, 4) is 6.07 Å². The number of thioether (sulfide) groups is 1. The summed E-state index contributed by atoms with van der Waals surface area (Å²) in [6.45, 7) is 4.09. The number of piperidine rings is 1. The highest BCUT2D eigenvalue weighted by Crippen LogP contribution is 2.41. The van der Waals surface area contributed by atoms with Crippen molar-refractivity contribution >= 4 is 45.5 Å². The maximum Gasteiger partial charge on any atom is 0.319 e. The van der Waals surface area contributed by atoms with Crippen LogP contribution in [0.1, 0.15) is 44.6 Å². The Kier molecular flexibility index (Phi) is 8.01. The van der Waals surface area contributed by atoms with Crippen molar-refractivity contribution < 1.29 is 19.1 Å². The molecule has 0 radical (unpaired) electrons. The lowest BCUT2D eigenvalue weighted by Gasteiger charge is -2.39. The average molecular weight is 520 g/mol. The number of methoxy groups -OCH3 is 1. The lowest BCUT2D eigenvalue weighted by Crippen LogP contribution is -2.48. The predicted octanol–water partition coefficient (Wildman–Crippen LogP) is 3.71. The van der Waals surface area contributed by atoms with E-state index in [-0.39, 0.29) is 29.3 Å². The first-order chi connectivity index (χ1) is 15.3. The number of ether oxygens (including phenoxy) is 1. The molecule has 1 aromatic carbocycles. The van der Waals surface area contributed by atoms with E-state index < -0.39 is 23.7 Å². The Labute approximate surface area is 200 Å². The Bertz CT molecular complexity index is 980. The van der Waals surface area contributed by atoms with Crippen molar-refractivity contribution in [3.05, 3.63) is 44.9 Å². The number of hydrogen-bond acceptors (Lipinski definition) is 6. The molecule has 1 N–H and O–H groups in total. The molecule has 0 unspecified atom stereocenters. The van der Waals surface area contributed by atoms with Crippen LogP contribution in [-0.2, 0) is 19.1 Å². The van der Waals surface area contributed by atoms with Crippen LogP contribution in [0.3, 0.4) is 0 Å². The highest BCUT2D eigenvalue weighted by Gasteiger charge is 2.44. The van der Waals surface area contributed by atoms with E-state index in [0.29, 0.717) is 10.6 Å². The molecule has 2 heterocycles. The number of carbonyl (C=O) groups excluding carboxylic acids is 3. The number of hydrogen-bond donors (Lipinski definition) is 1. The third-order valence-electron chi connectivity index (χ3n) is 6.01. The molecule has 1 aromatic rings. The Morgan fingerprint density at radius 1 is 1.31 bits per heavy atom. The van der Waals surface area contributed by atoms with Crippen molar-refractivity contribution in [1.82, 2.24) is 10.2 Å². The fraction of sp³-hybridized carbons (Fsp3) is 0.478. The molecule has 9 heteroatoms. The molecule has 1 fully saturated rings. The number of nitrogens with one attached hydrogen (secondary N) is 1. The third-order valence-corrected chi connectivity index (χ3v) is 7.51. The van der Waals surface area contributed by atoms with Crippen LogP contribution in [0.2, 0.25) is 0 Å². The number of nitrogens with zero attached hydrogens (tertiary/aromatic N) is 2. The molecule has 0 aromatic heterocycles. The van der Waals surface area contributed by atoms with Gasteiger partial charge in [0.25, 0.3) is 0 Å². The second-order valence-corrected chi connectivity index (χ2v) is 10.00. The number of esters is 1. The van der Waals surface area contributed by atoms with Gasteiger partial charge in [-0.15, -0.1) is 0 Å². The van der Waals surface area contributed by atoms with E-state index in [1.807, 2.05) is 24.8 Å². The Hall–Kier alpha value is -2.31. The van der Waals surface area contributed by atoms with Gasteiger partial charge < -0.3 is 15.0 Å². The SMILES string of the molecule is COC(=O)[C@@H]1C(=O)NC(SCC(=O)N2[C@H](C)CCC[C@H]2C)=C(C#N)[C@@H]1c1cccc(Br)c1. The van der Waals surface area contributed by atoms with Gasteiger partial charge in [0, 0.05) is 22.5 Å². The normalized spacial score (nSPS) is 25.7. The van der Waals surface area contributed by atoms with Crippen molar-refractivity contribution in [2.45, 2.75) is 51.1 Å². The zero-order valence-corrected chi connectivity index (χ0v) is 20.7. The lowest BCUT2D eigenvalue weighted by atomic mass is 9.78. The summed E-state index contributed by atoms with van der Waals surface area (Å²) in [6.07, 6.45) is 3.03. The van der Waals surface area contributed by atoms with Crippen LogP contribution in [-0.4, -0.2) is 47.6 Å². The van der Waals surface area contributed by atoms with E-state index in [1.54, 1.807) is 18.2 Å². The predicted molar refractivity (Wildman–Crippen MR) is 125 cm³/mol. The van der Waals surface area contributed by atoms with Gasteiger partial charge in [0.05, 0.1) is 29.5 Å². The van der Waals surface area contributed by atoms with Crippen LogP contribution in [0, 0.1) is 17.2 Å². The van der Waals surface area contributed by atoms with Gasteiger partial charge in [0.2, 0.25) is 11.8 Å². The maximum absolute atomic E-state index is 13.0. The standard InChI is InChI=1S/C23H26BrN3O4S/c1-13-6-4-7-14(2)27(13)18(28)12-32-22-17(11-25)19(15-8-5-9-16(24)10-15)20(21(29)26-22)23(30)31-3/h5,8-10,13-14,19-20H,4,6-7,12H2,1-3H3,(H,26,29)/t13-,14-,19+,20+/m1/s1. The minimum Gasteiger partial charge on any atom is -0.468 e. The minimum absolute atomic E-state index is 0.0252. The molecular weight excluding hydrogens is 494 g/mol. The highest BCUT2D eigenvalue weighted by atomic mass is 79.9. The first-order valence-corrected chi connectivity index (χ1v) is 12.3. The monoisotopic (exact) mass is 519 g/mol. The number of benzene rings is 1. The number of carbonyl (C=O) groups is 3. The number of nitriles is 1. The minimum atomic E-state index is -1.19. The van der Waals surface area contributed by atoms with Gasteiger partial charge in [-0.2, -0.15) is 5.26 Å². The molecule has 170 valence electrons. The smallest absolute Gasteiger partial charge is 0.319 e.